The van der Waals surface area contributed by atoms with Crippen molar-refractivity contribution >= 4 is 12.2 Å². The molecular weight excluding hydrogens is 94.1 g/mol. The first-order valence-electron chi connectivity index (χ1n) is 0.914. The van der Waals surface area contributed by atoms with Crippen molar-refractivity contribution in [2.24, 2.45) is 0 Å². The lowest BCUT2D eigenvalue weighted by atomic mass is 13.0. The lowest BCUT2D eigenvalue weighted by Crippen LogP contribution is -2.02. The van der Waals surface area contributed by atoms with E-state index in [9.17, 15) is 5.21 Å². The molecular formula is HNO3S. The maximum atomic E-state index is 9.45. The smallest absolute Gasteiger partial charge is 0.386 e. The molecule has 1 atom stereocenters. The Bertz CT molecular complexity index is 44.9. The van der Waals surface area contributed by atoms with E-state index in [0.29, 0.717) is 12.2 Å². The van der Waals surface area contributed by atoms with Gasteiger partial charge in [-0.3, -0.25) is 0 Å². The molecule has 5 heteroatoms. The number of rotatable bonds is 0. The first-order valence-corrected chi connectivity index (χ1v) is 1.61. The highest BCUT2D eigenvalue weighted by molar-refractivity contribution is 7.92. The van der Waals surface area contributed by atoms with Crippen molar-refractivity contribution in [2.75, 3.05) is 0 Å². The van der Waals surface area contributed by atoms with Gasteiger partial charge in [0.15, 0.2) is 0 Å². The van der Waals surface area contributed by atoms with Gasteiger partial charge >= 0.3 is 12.2 Å². The molecule has 0 aromatic carbocycles. The Kier molecular flexibility index (Phi) is 0.430. The van der Waals surface area contributed by atoms with Gasteiger partial charge in [-0.05, 0) is 4.28 Å². The van der Waals surface area contributed by atoms with Crippen LogP contribution in [0.5, 0.6) is 0 Å². The first kappa shape index (κ1) is 3.38. The molecule has 0 radical (unpaired) electrons. The molecule has 1 fully saturated rings. The minimum Gasteiger partial charge on any atom is -0.549 e. The Morgan fingerprint density at radius 2 is 2.20 bits per heavy atom. The molecule has 0 saturated carbocycles. The summed E-state index contributed by atoms with van der Waals surface area (Å²) in [6.45, 7) is 0. The summed E-state index contributed by atoms with van der Waals surface area (Å²) in [7, 11) is 0. The molecule has 1 aliphatic rings. The minimum absolute atomic E-state index is 0.463. The molecule has 1 heterocycles. The van der Waals surface area contributed by atoms with E-state index in [2.05, 4.69) is 4.28 Å². The second kappa shape index (κ2) is 0.636. The maximum absolute atomic E-state index is 9.45. The molecule has 0 amide bonds. The second-order valence-corrected chi connectivity index (χ2v) is 1.38. The number of quaternary nitrogens is 1. The van der Waals surface area contributed by atoms with Gasteiger partial charge in [-0.2, -0.15) is 5.21 Å². The molecule has 30 valence electrons. The van der Waals surface area contributed by atoms with Gasteiger partial charge in [-0.25, -0.2) is 0 Å². The molecule has 5 heavy (non-hydrogen) atoms. The summed E-state index contributed by atoms with van der Waals surface area (Å²) in [5, 5.41) is 17.2. The van der Waals surface area contributed by atoms with Crippen molar-refractivity contribution in [3.05, 3.63) is 5.21 Å². The van der Waals surface area contributed by atoms with Gasteiger partial charge < -0.3 is 5.21 Å². The lowest BCUT2D eigenvalue weighted by Gasteiger charge is -1.91. The SMILES string of the molecule is [O-][N+]1(O)OS1. The molecule has 1 rings (SSSR count). The summed E-state index contributed by atoms with van der Waals surface area (Å²) in [5.41, 5.74) is 0. The molecule has 0 bridgehead atoms. The van der Waals surface area contributed by atoms with Crippen molar-refractivity contribution in [1.29, 1.82) is 0 Å². The van der Waals surface area contributed by atoms with Crippen molar-refractivity contribution in [1.82, 2.24) is 0 Å². The van der Waals surface area contributed by atoms with Crippen molar-refractivity contribution in [2.45, 2.75) is 0 Å². The van der Waals surface area contributed by atoms with E-state index in [1.54, 1.807) is 0 Å². The molecule has 1 saturated heterocycles. The predicted molar refractivity (Wildman–Crippen MR) is 14.1 cm³/mol. The highest BCUT2D eigenvalue weighted by atomic mass is 32.2. The zero-order chi connectivity index (χ0) is 3.91. The van der Waals surface area contributed by atoms with E-state index in [1.165, 1.54) is 0 Å². The Balaban J connectivity index is 2.38. The van der Waals surface area contributed by atoms with Crippen molar-refractivity contribution in [3.8, 4) is 0 Å². The van der Waals surface area contributed by atoms with Crippen LogP contribution in [-0.4, -0.2) is 9.59 Å². The number of hydrogen-bond donors (Lipinski definition) is 1. The van der Waals surface area contributed by atoms with Crippen LogP contribution in [0.25, 0.3) is 0 Å². The van der Waals surface area contributed by atoms with Crippen molar-refractivity contribution < 1.29 is 13.9 Å². The summed E-state index contributed by atoms with van der Waals surface area (Å²) in [4.78, 5) is 0. The van der Waals surface area contributed by atoms with E-state index in [0.717, 1.165) is 0 Å². The fourth-order valence-electron chi connectivity index (χ4n) is 0.0285. The summed E-state index contributed by atoms with van der Waals surface area (Å²) in [6, 6.07) is 0. The fraction of sp³-hybridized carbons (Fsp3) is 0. The maximum Gasteiger partial charge on any atom is 0.386 e. The van der Waals surface area contributed by atoms with E-state index in [1.807, 2.05) is 0 Å². The summed E-state index contributed by atoms with van der Waals surface area (Å²) in [5.74, 6) is 0. The molecule has 1 aliphatic heterocycles. The third-order valence-corrected chi connectivity index (χ3v) is 0.606. The predicted octanol–water partition coefficient (Wildman–Crippen LogP) is 0.199. The van der Waals surface area contributed by atoms with Gasteiger partial charge in [0, 0.05) is 4.38 Å². The quantitative estimate of drug-likeness (QED) is 0.153. The van der Waals surface area contributed by atoms with Crippen LogP contribution in [0.4, 0.5) is 0 Å². The average Bonchev–Trinajstić information content (AvgIpc) is 1.76. The second-order valence-electron chi connectivity index (χ2n) is 0.618. The molecule has 1 unspecified atom stereocenters. The molecule has 4 nitrogen and oxygen atoms in total. The van der Waals surface area contributed by atoms with Gasteiger partial charge in [0.1, 0.15) is 0 Å². The average molecular weight is 95.1 g/mol. The van der Waals surface area contributed by atoms with Gasteiger partial charge in [-0.1, -0.05) is 0 Å². The van der Waals surface area contributed by atoms with E-state index >= 15 is 0 Å². The van der Waals surface area contributed by atoms with Gasteiger partial charge in [0.05, 0.1) is 0 Å². The highest BCUT2D eigenvalue weighted by Crippen LogP contribution is 2.38. The van der Waals surface area contributed by atoms with Gasteiger partial charge in [0.25, 0.3) is 0 Å². The van der Waals surface area contributed by atoms with E-state index < -0.39 is 4.38 Å². The largest absolute Gasteiger partial charge is 0.549 e. The minimum atomic E-state index is -1.58. The Labute approximate surface area is 32.4 Å². The molecule has 0 aromatic rings. The van der Waals surface area contributed by atoms with Crippen LogP contribution in [0.2, 0.25) is 0 Å². The number of nitrogens with zero attached hydrogens (tertiary/aromatic N) is 1. The zero-order valence-electron chi connectivity index (χ0n) is 2.12. The van der Waals surface area contributed by atoms with Crippen LogP contribution in [0.15, 0.2) is 0 Å². The summed E-state index contributed by atoms with van der Waals surface area (Å²) < 4.78 is 2.17. The van der Waals surface area contributed by atoms with Crippen LogP contribution < -0.4 is 0 Å². The monoisotopic (exact) mass is 95.0 g/mol. The lowest BCUT2D eigenvalue weighted by molar-refractivity contribution is -1.02. The Hall–Kier alpha value is 0.190. The summed E-state index contributed by atoms with van der Waals surface area (Å²) >= 11 is 0.463. The van der Waals surface area contributed by atoms with Crippen LogP contribution in [0.3, 0.4) is 0 Å². The van der Waals surface area contributed by atoms with E-state index in [-0.39, 0.29) is 0 Å². The standard InChI is InChI=1S/HNO3S/c2-1(3)4-5-1/h2H. The van der Waals surface area contributed by atoms with Crippen LogP contribution in [0.1, 0.15) is 0 Å². The summed E-state index contributed by atoms with van der Waals surface area (Å²) in [6.07, 6.45) is 0. The third-order valence-electron chi connectivity index (χ3n) is 0.202. The fourth-order valence-corrected chi connectivity index (χ4v) is 0.0855. The Morgan fingerprint density at radius 1 is 2.00 bits per heavy atom. The normalized spacial score (nSPS) is 49.2. The van der Waals surface area contributed by atoms with Crippen molar-refractivity contribution in [3.63, 3.8) is 0 Å². The number of hydrogen-bond acceptors (Lipinski definition) is 4. The van der Waals surface area contributed by atoms with Gasteiger partial charge in [-0.15, -0.1) is 0 Å². The first-order chi connectivity index (χ1) is 2.21. The molecule has 0 spiro atoms. The van der Waals surface area contributed by atoms with Crippen LogP contribution in [-0.2, 0) is 4.28 Å². The highest BCUT2D eigenvalue weighted by Gasteiger charge is 2.42. The van der Waals surface area contributed by atoms with Crippen LogP contribution >= 0.6 is 12.2 Å². The molecule has 0 aliphatic carbocycles. The third kappa shape index (κ3) is 0.746. The molecule has 1 N–H and O–H groups in total. The van der Waals surface area contributed by atoms with E-state index in [4.69, 9.17) is 5.21 Å². The topological polar surface area (TPSA) is 55.8 Å². The van der Waals surface area contributed by atoms with Gasteiger partial charge in [0.2, 0.25) is 0 Å². The Morgan fingerprint density at radius 3 is 2.20 bits per heavy atom. The zero-order valence-corrected chi connectivity index (χ0v) is 2.94. The van der Waals surface area contributed by atoms with Crippen LogP contribution in [0, 0.1) is 5.21 Å². The molecule has 0 aromatic heterocycles.